The van der Waals surface area contributed by atoms with Crippen molar-refractivity contribution < 1.29 is 4.79 Å². The predicted octanol–water partition coefficient (Wildman–Crippen LogP) is 2.42. The highest BCUT2D eigenvalue weighted by atomic mass is 79.9. The van der Waals surface area contributed by atoms with Crippen molar-refractivity contribution in [2.45, 2.75) is 37.9 Å². The number of carbonyl (C=O) groups excluding carboxylic acids is 1. The zero-order chi connectivity index (χ0) is 10.1. The molecule has 2 nitrogen and oxygen atoms in total. The van der Waals surface area contributed by atoms with Gasteiger partial charge in [0.15, 0.2) is 0 Å². The Bertz CT molecular complexity index is 198. The van der Waals surface area contributed by atoms with Crippen molar-refractivity contribution in [2.75, 3.05) is 13.1 Å². The highest BCUT2D eigenvalue weighted by Gasteiger charge is 2.33. The van der Waals surface area contributed by atoms with Crippen molar-refractivity contribution >= 4 is 21.8 Å². The topological polar surface area (TPSA) is 20.3 Å². The fraction of sp³-hybridized carbons (Fsp3) is 0.900. The summed E-state index contributed by atoms with van der Waals surface area (Å²) >= 11 is 3.40. The van der Waals surface area contributed by atoms with Gasteiger partial charge in [-0.05, 0) is 26.2 Å². The molecule has 0 aliphatic carbocycles. The Labute approximate surface area is 88.8 Å². The van der Waals surface area contributed by atoms with Gasteiger partial charge in [-0.15, -0.1) is 0 Å². The van der Waals surface area contributed by atoms with Gasteiger partial charge in [-0.2, -0.15) is 0 Å². The van der Waals surface area contributed by atoms with E-state index in [0.29, 0.717) is 0 Å². The highest BCUT2D eigenvalue weighted by Crippen LogP contribution is 2.25. The van der Waals surface area contributed by atoms with Crippen LogP contribution in [0.5, 0.6) is 0 Å². The molecule has 0 spiro atoms. The number of carbonyl (C=O) groups is 1. The molecule has 1 aliphatic rings. The van der Waals surface area contributed by atoms with E-state index in [9.17, 15) is 4.79 Å². The lowest BCUT2D eigenvalue weighted by molar-refractivity contribution is -0.131. The van der Waals surface area contributed by atoms with Crippen LogP contribution < -0.4 is 0 Å². The zero-order valence-corrected chi connectivity index (χ0v) is 10.2. The minimum Gasteiger partial charge on any atom is -0.341 e. The van der Waals surface area contributed by atoms with Crippen molar-refractivity contribution in [3.05, 3.63) is 0 Å². The van der Waals surface area contributed by atoms with Gasteiger partial charge in [-0.1, -0.05) is 29.3 Å². The van der Waals surface area contributed by atoms with Crippen LogP contribution in [0, 0.1) is 5.92 Å². The van der Waals surface area contributed by atoms with E-state index in [1.54, 1.807) is 0 Å². The lowest BCUT2D eigenvalue weighted by Crippen LogP contribution is -2.40. The van der Waals surface area contributed by atoms with E-state index in [2.05, 4.69) is 22.9 Å². The molecule has 3 heteroatoms. The molecule has 0 aromatic heterocycles. The standard InChI is InChI=1S/C10H18BrNO/c1-4-8-5-6-12(7-8)9(13)10(2,3)11/h8H,4-7H2,1-3H3. The smallest absolute Gasteiger partial charge is 0.238 e. The third-order valence-corrected chi connectivity index (χ3v) is 3.00. The normalized spacial score (nSPS) is 23.7. The largest absolute Gasteiger partial charge is 0.341 e. The van der Waals surface area contributed by atoms with Crippen LogP contribution in [0.25, 0.3) is 0 Å². The van der Waals surface area contributed by atoms with E-state index < -0.39 is 4.32 Å². The number of amides is 1. The minimum absolute atomic E-state index is 0.225. The summed E-state index contributed by atoms with van der Waals surface area (Å²) in [6.45, 7) is 7.90. The molecule has 1 saturated heterocycles. The van der Waals surface area contributed by atoms with Crippen LogP contribution in [0.2, 0.25) is 0 Å². The van der Waals surface area contributed by atoms with Crippen molar-refractivity contribution in [1.82, 2.24) is 4.90 Å². The molecular weight excluding hydrogens is 230 g/mol. The molecule has 1 heterocycles. The third kappa shape index (κ3) is 2.70. The van der Waals surface area contributed by atoms with E-state index in [-0.39, 0.29) is 5.91 Å². The molecule has 1 rings (SSSR count). The second-order valence-electron chi connectivity index (χ2n) is 4.29. The molecule has 0 N–H and O–H groups in total. The van der Waals surface area contributed by atoms with Crippen LogP contribution in [0.1, 0.15) is 33.6 Å². The molecule has 13 heavy (non-hydrogen) atoms. The Morgan fingerprint density at radius 3 is 2.62 bits per heavy atom. The van der Waals surface area contributed by atoms with Crippen LogP contribution in [0.4, 0.5) is 0 Å². The monoisotopic (exact) mass is 247 g/mol. The van der Waals surface area contributed by atoms with Crippen LogP contribution in [0.3, 0.4) is 0 Å². The molecule has 1 unspecified atom stereocenters. The van der Waals surface area contributed by atoms with Gasteiger partial charge in [0, 0.05) is 13.1 Å². The van der Waals surface area contributed by atoms with E-state index >= 15 is 0 Å². The predicted molar refractivity (Wildman–Crippen MR) is 58.0 cm³/mol. The van der Waals surface area contributed by atoms with E-state index in [0.717, 1.165) is 19.0 Å². The maximum absolute atomic E-state index is 11.8. The maximum atomic E-state index is 11.8. The number of hydrogen-bond donors (Lipinski definition) is 0. The van der Waals surface area contributed by atoms with Gasteiger partial charge < -0.3 is 4.90 Å². The van der Waals surface area contributed by atoms with Gasteiger partial charge >= 0.3 is 0 Å². The lowest BCUT2D eigenvalue weighted by atomic mass is 10.1. The summed E-state index contributed by atoms with van der Waals surface area (Å²) in [5, 5.41) is 0. The van der Waals surface area contributed by atoms with Crippen molar-refractivity contribution in [3.63, 3.8) is 0 Å². The van der Waals surface area contributed by atoms with Gasteiger partial charge in [-0.25, -0.2) is 0 Å². The Morgan fingerprint density at radius 2 is 2.23 bits per heavy atom. The number of likely N-dealkylation sites (tertiary alicyclic amines) is 1. The summed E-state index contributed by atoms with van der Waals surface area (Å²) in [5.74, 6) is 0.947. The van der Waals surface area contributed by atoms with Crippen molar-refractivity contribution in [2.24, 2.45) is 5.92 Å². The van der Waals surface area contributed by atoms with Gasteiger partial charge in [0.25, 0.3) is 0 Å². The van der Waals surface area contributed by atoms with Crippen LogP contribution >= 0.6 is 15.9 Å². The molecule has 0 aromatic rings. The second kappa shape index (κ2) is 3.99. The van der Waals surface area contributed by atoms with Crippen LogP contribution in [0.15, 0.2) is 0 Å². The molecule has 0 saturated carbocycles. The molecule has 0 aromatic carbocycles. The molecule has 1 aliphatic heterocycles. The average Bonchev–Trinajstić information content (AvgIpc) is 2.48. The molecule has 1 atom stereocenters. The second-order valence-corrected chi connectivity index (χ2v) is 6.27. The summed E-state index contributed by atoms with van der Waals surface area (Å²) in [5.41, 5.74) is 0. The first-order chi connectivity index (χ1) is 5.95. The summed E-state index contributed by atoms with van der Waals surface area (Å²) in [4.78, 5) is 13.8. The SMILES string of the molecule is CCC1CCN(C(=O)C(C)(C)Br)C1. The molecule has 0 radical (unpaired) electrons. The highest BCUT2D eigenvalue weighted by molar-refractivity contribution is 9.10. The van der Waals surface area contributed by atoms with Gasteiger partial charge in [0.2, 0.25) is 5.91 Å². The fourth-order valence-corrected chi connectivity index (χ4v) is 1.98. The Hall–Kier alpha value is -0.0500. The van der Waals surface area contributed by atoms with E-state index in [1.807, 2.05) is 18.7 Å². The van der Waals surface area contributed by atoms with Gasteiger partial charge in [0.1, 0.15) is 0 Å². The van der Waals surface area contributed by atoms with Crippen molar-refractivity contribution in [3.8, 4) is 0 Å². The minimum atomic E-state index is -0.393. The zero-order valence-electron chi connectivity index (χ0n) is 8.64. The fourth-order valence-electron chi connectivity index (χ4n) is 1.73. The van der Waals surface area contributed by atoms with Gasteiger partial charge in [-0.3, -0.25) is 4.79 Å². The number of alkyl halides is 1. The van der Waals surface area contributed by atoms with Crippen LogP contribution in [-0.2, 0) is 4.79 Å². The summed E-state index contributed by atoms with van der Waals surface area (Å²) in [7, 11) is 0. The summed E-state index contributed by atoms with van der Waals surface area (Å²) in [6, 6.07) is 0. The first kappa shape index (κ1) is 11.0. The molecule has 0 bridgehead atoms. The van der Waals surface area contributed by atoms with E-state index in [1.165, 1.54) is 12.8 Å². The quantitative estimate of drug-likeness (QED) is 0.687. The first-order valence-electron chi connectivity index (χ1n) is 4.93. The average molecular weight is 248 g/mol. The number of halogens is 1. The Balaban J connectivity index is 2.52. The van der Waals surface area contributed by atoms with Crippen molar-refractivity contribution in [1.29, 1.82) is 0 Å². The number of nitrogens with zero attached hydrogens (tertiary/aromatic N) is 1. The first-order valence-corrected chi connectivity index (χ1v) is 5.72. The van der Waals surface area contributed by atoms with E-state index in [4.69, 9.17) is 0 Å². The summed E-state index contributed by atoms with van der Waals surface area (Å²) in [6.07, 6.45) is 2.36. The van der Waals surface area contributed by atoms with Gasteiger partial charge in [0.05, 0.1) is 4.32 Å². The Kier molecular flexibility index (Phi) is 3.38. The molecule has 1 amide bonds. The van der Waals surface area contributed by atoms with Crippen LogP contribution in [-0.4, -0.2) is 28.2 Å². The molecular formula is C10H18BrNO. The lowest BCUT2D eigenvalue weighted by Gasteiger charge is -2.24. The maximum Gasteiger partial charge on any atom is 0.238 e. The summed E-state index contributed by atoms with van der Waals surface area (Å²) < 4.78 is -0.393. The molecule has 76 valence electrons. The molecule has 1 fully saturated rings. The third-order valence-electron chi connectivity index (χ3n) is 2.66. The number of rotatable bonds is 2. The number of hydrogen-bond acceptors (Lipinski definition) is 1. The Morgan fingerprint density at radius 1 is 1.62 bits per heavy atom.